The van der Waals surface area contributed by atoms with Crippen LogP contribution in [0.4, 0.5) is 16.2 Å². The summed E-state index contributed by atoms with van der Waals surface area (Å²) in [5.74, 6) is 1.01. The van der Waals surface area contributed by atoms with Crippen LogP contribution in [0, 0.1) is 10.1 Å². The number of urea groups is 1. The molecule has 0 aliphatic carbocycles. The second kappa shape index (κ2) is 10.3. The third kappa shape index (κ3) is 5.95. The summed E-state index contributed by atoms with van der Waals surface area (Å²) >= 11 is 0. The van der Waals surface area contributed by atoms with Gasteiger partial charge in [0.25, 0.3) is 5.69 Å². The van der Waals surface area contributed by atoms with E-state index in [2.05, 4.69) is 10.6 Å². The molecule has 0 unspecified atom stereocenters. The van der Waals surface area contributed by atoms with Gasteiger partial charge in [0.05, 0.1) is 11.5 Å². The van der Waals surface area contributed by atoms with E-state index in [1.54, 1.807) is 25.3 Å². The van der Waals surface area contributed by atoms with Crippen LogP contribution in [-0.4, -0.2) is 24.1 Å². The highest BCUT2D eigenvalue weighted by Crippen LogP contribution is 2.29. The number of amides is 2. The molecule has 2 rings (SSSR count). The van der Waals surface area contributed by atoms with Gasteiger partial charge >= 0.3 is 6.03 Å². The van der Waals surface area contributed by atoms with Gasteiger partial charge in [-0.15, -0.1) is 0 Å². The van der Waals surface area contributed by atoms with E-state index in [1.807, 2.05) is 13.8 Å². The first-order chi connectivity index (χ1) is 13.5. The molecule has 8 heteroatoms. The number of benzene rings is 2. The van der Waals surface area contributed by atoms with Gasteiger partial charge in [-0.25, -0.2) is 4.79 Å². The van der Waals surface area contributed by atoms with Crippen molar-refractivity contribution in [3.8, 4) is 11.5 Å². The number of hydrogen-bond acceptors (Lipinski definition) is 5. The number of carbonyl (C=O) groups is 1. The predicted molar refractivity (Wildman–Crippen MR) is 107 cm³/mol. The van der Waals surface area contributed by atoms with E-state index in [0.717, 1.165) is 18.4 Å². The van der Waals surface area contributed by atoms with Crippen molar-refractivity contribution in [1.29, 1.82) is 0 Å². The third-order valence-corrected chi connectivity index (χ3v) is 4.21. The van der Waals surface area contributed by atoms with Gasteiger partial charge in [-0.1, -0.05) is 13.8 Å². The van der Waals surface area contributed by atoms with Crippen LogP contribution < -0.4 is 15.4 Å². The van der Waals surface area contributed by atoms with Gasteiger partial charge in [-0.3, -0.25) is 10.1 Å². The standard InChI is InChI=1S/C20H25N3O5/c1-4-15(5-2)21-20(24)22-16-6-11-19(14(12-16)13-27-3)28-18-9-7-17(8-10-18)23(25)26/h6-12,15H,4-5,13H2,1-3H3,(H2,21,22,24). The molecule has 0 heterocycles. The lowest BCUT2D eigenvalue weighted by Gasteiger charge is -2.16. The number of methoxy groups -OCH3 is 1. The molecule has 150 valence electrons. The van der Waals surface area contributed by atoms with E-state index in [1.165, 1.54) is 24.3 Å². The van der Waals surface area contributed by atoms with Gasteiger partial charge in [-0.05, 0) is 43.2 Å². The average Bonchev–Trinajstić information content (AvgIpc) is 2.68. The monoisotopic (exact) mass is 387 g/mol. The zero-order chi connectivity index (χ0) is 20.5. The quantitative estimate of drug-likeness (QED) is 0.473. The van der Waals surface area contributed by atoms with Crippen LogP contribution >= 0.6 is 0 Å². The van der Waals surface area contributed by atoms with Crippen molar-refractivity contribution in [1.82, 2.24) is 5.32 Å². The highest BCUT2D eigenvalue weighted by Gasteiger charge is 2.12. The molecule has 2 amide bonds. The summed E-state index contributed by atoms with van der Waals surface area (Å²) in [7, 11) is 1.57. The number of non-ortho nitro benzene ring substituents is 1. The molecule has 0 fully saturated rings. The minimum atomic E-state index is -0.465. The van der Waals surface area contributed by atoms with Crippen molar-refractivity contribution < 1.29 is 19.2 Å². The van der Waals surface area contributed by atoms with Gasteiger partial charge in [0.15, 0.2) is 0 Å². The Kier molecular flexibility index (Phi) is 7.76. The summed E-state index contributed by atoms with van der Waals surface area (Å²) in [5.41, 5.74) is 1.35. The van der Waals surface area contributed by atoms with Crippen molar-refractivity contribution in [2.45, 2.75) is 39.3 Å². The van der Waals surface area contributed by atoms with Gasteiger partial charge < -0.3 is 20.1 Å². The Labute approximate surface area is 164 Å². The number of nitro groups is 1. The van der Waals surface area contributed by atoms with Crippen molar-refractivity contribution in [2.75, 3.05) is 12.4 Å². The summed E-state index contributed by atoms with van der Waals surface area (Å²) < 4.78 is 11.0. The number of carbonyl (C=O) groups excluding carboxylic acids is 1. The van der Waals surface area contributed by atoms with Crippen LogP contribution in [0.2, 0.25) is 0 Å². The molecule has 2 N–H and O–H groups in total. The van der Waals surface area contributed by atoms with Crippen molar-refractivity contribution in [2.24, 2.45) is 0 Å². The van der Waals surface area contributed by atoms with Gasteiger partial charge in [0.1, 0.15) is 11.5 Å². The third-order valence-electron chi connectivity index (χ3n) is 4.21. The lowest BCUT2D eigenvalue weighted by atomic mass is 10.1. The fourth-order valence-corrected chi connectivity index (χ4v) is 2.63. The van der Waals surface area contributed by atoms with E-state index >= 15 is 0 Å². The zero-order valence-electron chi connectivity index (χ0n) is 16.2. The first-order valence-corrected chi connectivity index (χ1v) is 9.08. The number of nitro benzene ring substituents is 1. The van der Waals surface area contributed by atoms with E-state index in [4.69, 9.17) is 9.47 Å². The van der Waals surface area contributed by atoms with E-state index in [0.29, 0.717) is 17.2 Å². The van der Waals surface area contributed by atoms with Crippen LogP contribution in [0.15, 0.2) is 42.5 Å². The summed E-state index contributed by atoms with van der Waals surface area (Å²) in [5, 5.41) is 16.5. The normalized spacial score (nSPS) is 10.6. The molecule has 8 nitrogen and oxygen atoms in total. The molecule has 0 saturated carbocycles. The highest BCUT2D eigenvalue weighted by atomic mass is 16.6. The highest BCUT2D eigenvalue weighted by molar-refractivity contribution is 5.89. The Morgan fingerprint density at radius 1 is 1.14 bits per heavy atom. The molecule has 2 aromatic rings. The fourth-order valence-electron chi connectivity index (χ4n) is 2.63. The maximum Gasteiger partial charge on any atom is 0.319 e. The van der Waals surface area contributed by atoms with Crippen molar-refractivity contribution in [3.63, 3.8) is 0 Å². The molecule has 0 aliphatic heterocycles. The number of nitrogens with zero attached hydrogens (tertiary/aromatic N) is 1. The minimum absolute atomic E-state index is 0.00696. The van der Waals surface area contributed by atoms with Crippen LogP contribution in [0.25, 0.3) is 0 Å². The molecule has 0 bridgehead atoms. The van der Waals surface area contributed by atoms with E-state index in [-0.39, 0.29) is 24.4 Å². The Hall–Kier alpha value is -3.13. The van der Waals surface area contributed by atoms with Crippen molar-refractivity contribution in [3.05, 3.63) is 58.1 Å². The zero-order valence-corrected chi connectivity index (χ0v) is 16.2. The molecule has 0 aliphatic rings. The smallest absolute Gasteiger partial charge is 0.319 e. The molecular formula is C20H25N3O5. The second-order valence-electron chi connectivity index (χ2n) is 6.22. The van der Waals surface area contributed by atoms with Gasteiger partial charge in [0, 0.05) is 36.5 Å². The van der Waals surface area contributed by atoms with Gasteiger partial charge in [-0.2, -0.15) is 0 Å². The molecule has 2 aromatic carbocycles. The number of nitrogens with one attached hydrogen (secondary N) is 2. The number of rotatable bonds is 9. The summed E-state index contributed by atoms with van der Waals surface area (Å²) in [6, 6.07) is 10.9. The molecular weight excluding hydrogens is 362 g/mol. The Morgan fingerprint density at radius 2 is 1.82 bits per heavy atom. The maximum atomic E-state index is 12.1. The molecule has 0 saturated heterocycles. The number of anilines is 1. The van der Waals surface area contributed by atoms with Crippen LogP contribution in [-0.2, 0) is 11.3 Å². The van der Waals surface area contributed by atoms with Crippen LogP contribution in [0.1, 0.15) is 32.3 Å². The lowest BCUT2D eigenvalue weighted by molar-refractivity contribution is -0.384. The van der Waals surface area contributed by atoms with E-state index < -0.39 is 4.92 Å². The molecule has 0 spiro atoms. The Morgan fingerprint density at radius 3 is 2.39 bits per heavy atom. The summed E-state index contributed by atoms with van der Waals surface area (Å²) in [6.07, 6.45) is 1.72. The second-order valence-corrected chi connectivity index (χ2v) is 6.22. The molecule has 0 aromatic heterocycles. The topological polar surface area (TPSA) is 103 Å². The minimum Gasteiger partial charge on any atom is -0.457 e. The maximum absolute atomic E-state index is 12.1. The average molecular weight is 387 g/mol. The molecule has 0 radical (unpaired) electrons. The lowest BCUT2D eigenvalue weighted by Crippen LogP contribution is -2.37. The molecule has 0 atom stereocenters. The first kappa shape index (κ1) is 21.2. The molecule has 28 heavy (non-hydrogen) atoms. The number of hydrogen-bond donors (Lipinski definition) is 2. The fraction of sp³-hybridized carbons (Fsp3) is 0.350. The van der Waals surface area contributed by atoms with Crippen LogP contribution in [0.5, 0.6) is 11.5 Å². The Bertz CT molecular complexity index is 804. The SMILES string of the molecule is CCC(CC)NC(=O)Nc1ccc(Oc2ccc([N+](=O)[O-])cc2)c(COC)c1. The first-order valence-electron chi connectivity index (χ1n) is 9.08. The van der Waals surface area contributed by atoms with E-state index in [9.17, 15) is 14.9 Å². The summed E-state index contributed by atoms with van der Waals surface area (Å²) in [4.78, 5) is 22.4. The number of ether oxygens (including phenoxy) is 2. The summed E-state index contributed by atoms with van der Waals surface area (Å²) in [6.45, 7) is 4.33. The van der Waals surface area contributed by atoms with Gasteiger partial charge in [0.2, 0.25) is 0 Å². The predicted octanol–water partition coefficient (Wildman–Crippen LogP) is 4.84. The van der Waals surface area contributed by atoms with Crippen LogP contribution in [0.3, 0.4) is 0 Å². The Balaban J connectivity index is 2.13. The largest absolute Gasteiger partial charge is 0.457 e. The van der Waals surface area contributed by atoms with Crippen molar-refractivity contribution >= 4 is 17.4 Å².